The Labute approximate surface area is 93.5 Å². The molecule has 0 bridgehead atoms. The first-order chi connectivity index (χ1) is 7.83. The molecule has 0 fully saturated rings. The standard InChI is InChI=1S/C12H11N3O/c1-16-10-4-2-9(3-5-10)11-8-14-12(15-11)6-7-13/h2-5,8H,6H2,1H3,(H,14,15). The van der Waals surface area contributed by atoms with Gasteiger partial charge in [0.2, 0.25) is 0 Å². The highest BCUT2D eigenvalue weighted by Gasteiger charge is 2.02. The minimum absolute atomic E-state index is 0.302. The molecule has 1 N–H and O–H groups in total. The van der Waals surface area contributed by atoms with Gasteiger partial charge in [0.05, 0.1) is 31.5 Å². The molecule has 0 atom stereocenters. The number of benzene rings is 1. The van der Waals surface area contributed by atoms with Crippen LogP contribution in [0, 0.1) is 11.3 Å². The molecule has 0 amide bonds. The number of aromatic nitrogens is 2. The Bertz CT molecular complexity index is 508. The van der Waals surface area contributed by atoms with Crippen molar-refractivity contribution in [3.63, 3.8) is 0 Å². The van der Waals surface area contributed by atoms with Gasteiger partial charge in [-0.15, -0.1) is 0 Å². The summed E-state index contributed by atoms with van der Waals surface area (Å²) in [6.07, 6.45) is 2.03. The lowest BCUT2D eigenvalue weighted by atomic mass is 10.2. The van der Waals surface area contributed by atoms with Crippen LogP contribution in [0.4, 0.5) is 0 Å². The van der Waals surface area contributed by atoms with E-state index in [9.17, 15) is 0 Å². The van der Waals surface area contributed by atoms with Crippen molar-refractivity contribution in [1.29, 1.82) is 5.26 Å². The maximum absolute atomic E-state index is 8.54. The van der Waals surface area contributed by atoms with E-state index >= 15 is 0 Å². The molecule has 0 spiro atoms. The highest BCUT2D eigenvalue weighted by Crippen LogP contribution is 2.20. The van der Waals surface area contributed by atoms with Gasteiger partial charge in [-0.3, -0.25) is 0 Å². The van der Waals surface area contributed by atoms with Crippen LogP contribution in [0.15, 0.2) is 30.5 Å². The fourth-order valence-corrected chi connectivity index (χ4v) is 1.44. The molecule has 0 aliphatic carbocycles. The lowest BCUT2D eigenvalue weighted by molar-refractivity contribution is 0.415. The number of hydrogen-bond donors (Lipinski definition) is 1. The summed E-state index contributed by atoms with van der Waals surface area (Å²) in [6, 6.07) is 9.73. The fourth-order valence-electron chi connectivity index (χ4n) is 1.44. The molecular weight excluding hydrogens is 202 g/mol. The second-order valence-electron chi connectivity index (χ2n) is 3.31. The number of methoxy groups -OCH3 is 1. The van der Waals surface area contributed by atoms with Gasteiger partial charge in [0.15, 0.2) is 0 Å². The van der Waals surface area contributed by atoms with Crippen molar-refractivity contribution in [2.45, 2.75) is 6.42 Å². The van der Waals surface area contributed by atoms with Crippen molar-refractivity contribution in [3.8, 4) is 23.1 Å². The Morgan fingerprint density at radius 3 is 2.75 bits per heavy atom. The highest BCUT2D eigenvalue weighted by molar-refractivity contribution is 5.59. The first kappa shape index (κ1) is 10.2. The molecule has 0 saturated carbocycles. The number of ether oxygens (including phenoxy) is 1. The molecule has 80 valence electrons. The summed E-state index contributed by atoms with van der Waals surface area (Å²) in [5.74, 6) is 1.51. The molecule has 4 nitrogen and oxygen atoms in total. The zero-order valence-electron chi connectivity index (χ0n) is 8.90. The zero-order valence-corrected chi connectivity index (χ0v) is 8.90. The van der Waals surface area contributed by atoms with Crippen molar-refractivity contribution < 1.29 is 4.74 Å². The molecule has 0 unspecified atom stereocenters. The number of rotatable bonds is 3. The summed E-state index contributed by atoms with van der Waals surface area (Å²) in [4.78, 5) is 7.21. The minimum atomic E-state index is 0.302. The van der Waals surface area contributed by atoms with Crippen molar-refractivity contribution >= 4 is 0 Å². The van der Waals surface area contributed by atoms with Crippen LogP contribution in [0.5, 0.6) is 5.75 Å². The van der Waals surface area contributed by atoms with Crippen LogP contribution in [0.3, 0.4) is 0 Å². The van der Waals surface area contributed by atoms with E-state index < -0.39 is 0 Å². The second kappa shape index (κ2) is 4.49. The van der Waals surface area contributed by atoms with Gasteiger partial charge in [-0.1, -0.05) is 0 Å². The minimum Gasteiger partial charge on any atom is -0.497 e. The van der Waals surface area contributed by atoms with E-state index in [1.54, 1.807) is 13.3 Å². The predicted octanol–water partition coefficient (Wildman–Crippen LogP) is 2.15. The van der Waals surface area contributed by atoms with Gasteiger partial charge in [-0.2, -0.15) is 5.26 Å². The number of aromatic amines is 1. The van der Waals surface area contributed by atoms with Crippen molar-refractivity contribution in [3.05, 3.63) is 36.3 Å². The van der Waals surface area contributed by atoms with Crippen LogP contribution in [0.2, 0.25) is 0 Å². The number of nitrogens with zero attached hydrogens (tertiary/aromatic N) is 2. The monoisotopic (exact) mass is 213 g/mol. The van der Waals surface area contributed by atoms with E-state index in [1.165, 1.54) is 0 Å². The molecule has 1 aromatic heterocycles. The number of H-pyrrole nitrogens is 1. The average molecular weight is 213 g/mol. The number of nitriles is 1. The summed E-state index contributed by atoms with van der Waals surface area (Å²) in [6.45, 7) is 0. The van der Waals surface area contributed by atoms with Gasteiger partial charge in [0.25, 0.3) is 0 Å². The van der Waals surface area contributed by atoms with E-state index in [2.05, 4.69) is 16.0 Å². The second-order valence-corrected chi connectivity index (χ2v) is 3.31. The van der Waals surface area contributed by atoms with Crippen LogP contribution in [-0.2, 0) is 6.42 Å². The number of hydrogen-bond acceptors (Lipinski definition) is 3. The number of imidazole rings is 1. The lowest BCUT2D eigenvalue weighted by Crippen LogP contribution is -1.85. The van der Waals surface area contributed by atoms with Gasteiger partial charge in [-0.05, 0) is 29.8 Å². The lowest BCUT2D eigenvalue weighted by Gasteiger charge is -2.00. The molecule has 0 aliphatic rings. The normalized spacial score (nSPS) is 9.75. The van der Waals surface area contributed by atoms with Crippen LogP contribution in [0.1, 0.15) is 5.82 Å². The maximum atomic E-state index is 8.54. The maximum Gasteiger partial charge on any atom is 0.120 e. The summed E-state index contributed by atoms with van der Waals surface area (Å²) >= 11 is 0. The molecular formula is C12H11N3O. The first-order valence-electron chi connectivity index (χ1n) is 4.88. The third kappa shape index (κ3) is 2.04. The summed E-state index contributed by atoms with van der Waals surface area (Å²) in [5, 5.41) is 8.54. The van der Waals surface area contributed by atoms with E-state index in [0.29, 0.717) is 12.2 Å². The average Bonchev–Trinajstić information content (AvgIpc) is 2.78. The third-order valence-electron chi connectivity index (χ3n) is 2.28. The molecule has 0 radical (unpaired) electrons. The predicted molar refractivity (Wildman–Crippen MR) is 59.9 cm³/mol. The molecule has 2 rings (SSSR count). The van der Waals surface area contributed by atoms with Gasteiger partial charge >= 0.3 is 0 Å². The molecule has 1 aromatic carbocycles. The van der Waals surface area contributed by atoms with Gasteiger partial charge in [0.1, 0.15) is 11.6 Å². The van der Waals surface area contributed by atoms with Crippen molar-refractivity contribution in [2.75, 3.05) is 7.11 Å². The van der Waals surface area contributed by atoms with Crippen molar-refractivity contribution in [1.82, 2.24) is 9.97 Å². The summed E-state index contributed by atoms with van der Waals surface area (Å²) < 4.78 is 5.08. The largest absolute Gasteiger partial charge is 0.497 e. The van der Waals surface area contributed by atoms with Gasteiger partial charge < -0.3 is 9.72 Å². The Morgan fingerprint density at radius 2 is 2.12 bits per heavy atom. The van der Waals surface area contributed by atoms with E-state index in [0.717, 1.165) is 17.0 Å². The van der Waals surface area contributed by atoms with E-state index in [1.807, 2.05) is 24.3 Å². The molecule has 0 saturated heterocycles. The molecule has 4 heteroatoms. The molecule has 1 heterocycles. The SMILES string of the molecule is COc1ccc(-c2cnc(CC#N)[nH]2)cc1. The van der Waals surface area contributed by atoms with E-state index in [-0.39, 0.29) is 0 Å². The number of nitrogens with one attached hydrogen (secondary N) is 1. The molecule has 16 heavy (non-hydrogen) atoms. The van der Waals surface area contributed by atoms with Crippen LogP contribution < -0.4 is 4.74 Å². The Balaban J connectivity index is 2.25. The van der Waals surface area contributed by atoms with Crippen LogP contribution in [0.25, 0.3) is 11.3 Å². The van der Waals surface area contributed by atoms with E-state index in [4.69, 9.17) is 10.00 Å². The molecule has 0 aliphatic heterocycles. The third-order valence-corrected chi connectivity index (χ3v) is 2.28. The Morgan fingerprint density at radius 1 is 1.38 bits per heavy atom. The van der Waals surface area contributed by atoms with Gasteiger partial charge in [0, 0.05) is 0 Å². The topological polar surface area (TPSA) is 61.7 Å². The van der Waals surface area contributed by atoms with Crippen molar-refractivity contribution in [2.24, 2.45) is 0 Å². The Hall–Kier alpha value is -2.28. The molecule has 2 aromatic rings. The zero-order chi connectivity index (χ0) is 11.4. The first-order valence-corrected chi connectivity index (χ1v) is 4.88. The highest BCUT2D eigenvalue weighted by atomic mass is 16.5. The smallest absolute Gasteiger partial charge is 0.120 e. The summed E-state index contributed by atoms with van der Waals surface area (Å²) in [7, 11) is 1.64. The quantitative estimate of drug-likeness (QED) is 0.849. The summed E-state index contributed by atoms with van der Waals surface area (Å²) in [5.41, 5.74) is 1.94. The van der Waals surface area contributed by atoms with Crippen LogP contribution >= 0.6 is 0 Å². The Kier molecular flexibility index (Phi) is 2.88. The van der Waals surface area contributed by atoms with Gasteiger partial charge in [-0.25, -0.2) is 4.98 Å². The fraction of sp³-hybridized carbons (Fsp3) is 0.167. The van der Waals surface area contributed by atoms with Crippen LogP contribution in [-0.4, -0.2) is 17.1 Å².